The first-order valence-electron chi connectivity index (χ1n) is 9.77. The number of thiophene rings is 1. The first kappa shape index (κ1) is 22.8. The number of hydrogen-bond donors (Lipinski definition) is 1. The van der Waals surface area contributed by atoms with Crippen molar-refractivity contribution in [3.63, 3.8) is 0 Å². The molecule has 0 saturated carbocycles. The molecule has 162 valence electrons. The van der Waals surface area contributed by atoms with Crippen LogP contribution < -0.4 is 10.2 Å². The van der Waals surface area contributed by atoms with Crippen LogP contribution in [0, 0.1) is 4.91 Å². The highest BCUT2D eigenvalue weighted by molar-refractivity contribution is 7.18. The van der Waals surface area contributed by atoms with E-state index in [0.717, 1.165) is 32.2 Å². The molecule has 0 atom stereocenters. The van der Waals surface area contributed by atoms with Gasteiger partial charge in [-0.15, -0.1) is 5.43 Å². The van der Waals surface area contributed by atoms with Gasteiger partial charge >= 0.3 is 11.0 Å². The summed E-state index contributed by atoms with van der Waals surface area (Å²) < 4.78 is 10.4. The Morgan fingerprint density at radius 1 is 1.13 bits per heavy atom. The van der Waals surface area contributed by atoms with Gasteiger partial charge in [-0.3, -0.25) is 4.79 Å². The summed E-state index contributed by atoms with van der Waals surface area (Å²) in [6, 6.07) is 16.5. The Hall–Kier alpha value is -2.90. The number of nitrogens with one attached hydrogen (secondary N) is 1. The van der Waals surface area contributed by atoms with Crippen molar-refractivity contribution in [2.24, 2.45) is 0 Å². The number of rotatable bonds is 9. The Morgan fingerprint density at radius 3 is 2.42 bits per heavy atom. The van der Waals surface area contributed by atoms with Gasteiger partial charge in [0.25, 0.3) is 0 Å². The fourth-order valence-corrected chi connectivity index (χ4v) is 4.14. The van der Waals surface area contributed by atoms with Gasteiger partial charge in [0, 0.05) is 16.0 Å². The van der Waals surface area contributed by atoms with Crippen LogP contribution in [0.4, 0.5) is 5.00 Å². The summed E-state index contributed by atoms with van der Waals surface area (Å²) in [6.45, 7) is 3.96. The predicted octanol–water partition coefficient (Wildman–Crippen LogP) is 5.69. The maximum absolute atomic E-state index is 12.7. The molecule has 3 aromatic rings. The Labute approximate surface area is 190 Å². The minimum atomic E-state index is -0.335. The van der Waals surface area contributed by atoms with Crippen LogP contribution >= 0.6 is 22.9 Å². The average molecular weight is 460 g/mol. The second kappa shape index (κ2) is 10.4. The monoisotopic (exact) mass is 459 g/mol. The van der Waals surface area contributed by atoms with E-state index in [4.69, 9.17) is 21.1 Å². The number of halogens is 1. The minimum Gasteiger partial charge on any atom is -0.497 e. The Morgan fingerprint density at radius 2 is 1.81 bits per heavy atom. The van der Waals surface area contributed by atoms with Gasteiger partial charge in [-0.25, -0.2) is 0 Å². The first-order valence-corrected chi connectivity index (χ1v) is 11.0. The molecule has 6 nitrogen and oxygen atoms in total. The molecular formula is C23H24ClN2O4S+. The molecule has 0 amide bonds. The van der Waals surface area contributed by atoms with Crippen molar-refractivity contribution in [1.82, 2.24) is 5.43 Å². The van der Waals surface area contributed by atoms with Gasteiger partial charge in [-0.1, -0.05) is 47.2 Å². The van der Waals surface area contributed by atoms with E-state index in [2.05, 4.69) is 5.43 Å². The lowest BCUT2D eigenvalue weighted by Crippen LogP contribution is -2.21. The summed E-state index contributed by atoms with van der Waals surface area (Å²) in [5.74, 6) is 0.421. The van der Waals surface area contributed by atoms with E-state index < -0.39 is 0 Å². The van der Waals surface area contributed by atoms with E-state index in [9.17, 15) is 9.70 Å². The number of carbonyl (C=O) groups excluding carboxylic acids is 1. The van der Waals surface area contributed by atoms with Crippen molar-refractivity contribution >= 4 is 33.9 Å². The molecule has 3 rings (SSSR count). The first-order chi connectivity index (χ1) is 14.9. The largest absolute Gasteiger partial charge is 0.497 e. The van der Waals surface area contributed by atoms with Crippen LogP contribution in [-0.2, 0) is 22.5 Å². The van der Waals surface area contributed by atoms with Gasteiger partial charge in [-0.2, -0.15) is 0 Å². The van der Waals surface area contributed by atoms with E-state index in [1.54, 1.807) is 39.2 Å². The third-order valence-corrected chi connectivity index (χ3v) is 5.84. The zero-order chi connectivity index (χ0) is 22.4. The standard InChI is InChI=1S/C23H24ClN2O4S/c1-15(2)30-22(27)13-18-12-21(31-23(18)17-6-8-19(24)9-7-17)26(28)25-14-16-4-10-20(29-3)11-5-16/h4-12,15H,13-14H2,1-3H3,(H,25,28)/q+1. The quantitative estimate of drug-likeness (QED) is 0.253. The molecule has 0 spiro atoms. The molecule has 0 aliphatic rings. The zero-order valence-electron chi connectivity index (χ0n) is 17.6. The van der Waals surface area contributed by atoms with Crippen LogP contribution in [0.25, 0.3) is 10.4 Å². The Balaban J connectivity index is 1.80. The zero-order valence-corrected chi connectivity index (χ0v) is 19.1. The third-order valence-electron chi connectivity index (χ3n) is 4.39. The van der Waals surface area contributed by atoms with Crippen molar-refractivity contribution in [3.05, 3.63) is 75.7 Å². The second-order valence-electron chi connectivity index (χ2n) is 7.14. The van der Waals surface area contributed by atoms with E-state index in [-0.39, 0.29) is 18.5 Å². The van der Waals surface area contributed by atoms with Crippen LogP contribution in [0.5, 0.6) is 5.75 Å². The molecule has 0 aliphatic carbocycles. The summed E-state index contributed by atoms with van der Waals surface area (Å²) >= 11 is 7.32. The van der Waals surface area contributed by atoms with Crippen molar-refractivity contribution in [2.45, 2.75) is 32.9 Å². The second-order valence-corrected chi connectivity index (χ2v) is 8.61. The maximum Gasteiger partial charge on any atom is 0.347 e. The molecule has 1 heterocycles. The highest BCUT2D eigenvalue weighted by atomic mass is 35.5. The van der Waals surface area contributed by atoms with E-state index in [0.29, 0.717) is 16.6 Å². The molecule has 0 fully saturated rings. The molecule has 0 unspecified atom stereocenters. The fourth-order valence-electron chi connectivity index (χ4n) is 2.94. The van der Waals surface area contributed by atoms with Gasteiger partial charge in [0.2, 0.25) is 0 Å². The summed E-state index contributed by atoms with van der Waals surface area (Å²) in [6.07, 6.45) is -0.120. The number of nitroso groups, excluding NO2 is 1. The van der Waals surface area contributed by atoms with Gasteiger partial charge in [0.05, 0.1) is 31.1 Å². The smallest absolute Gasteiger partial charge is 0.347 e. The number of methoxy groups -OCH3 is 1. The minimum absolute atomic E-state index is 0.0823. The van der Waals surface area contributed by atoms with Gasteiger partial charge < -0.3 is 9.47 Å². The molecule has 0 bridgehead atoms. The van der Waals surface area contributed by atoms with E-state index in [1.807, 2.05) is 36.4 Å². The SMILES string of the molecule is COc1ccc(CN[N+](=O)c2cc(CC(=O)OC(C)C)c(-c3ccc(Cl)cc3)s2)cc1. The number of benzene rings is 2. The van der Waals surface area contributed by atoms with E-state index in [1.165, 1.54) is 11.3 Å². The van der Waals surface area contributed by atoms with Crippen molar-refractivity contribution in [1.29, 1.82) is 0 Å². The highest BCUT2D eigenvalue weighted by Gasteiger charge is 2.24. The Kier molecular flexibility index (Phi) is 7.65. The van der Waals surface area contributed by atoms with Gasteiger partial charge in [-0.05, 0) is 54.8 Å². The molecule has 0 saturated heterocycles. The number of hydrazine groups is 1. The molecule has 8 heteroatoms. The molecule has 1 N–H and O–H groups in total. The van der Waals surface area contributed by atoms with Crippen LogP contribution in [0.3, 0.4) is 0 Å². The molecule has 0 aliphatic heterocycles. The topological polar surface area (TPSA) is 67.6 Å². The highest BCUT2D eigenvalue weighted by Crippen LogP contribution is 2.37. The van der Waals surface area contributed by atoms with Crippen LogP contribution in [-0.4, -0.2) is 24.1 Å². The lowest BCUT2D eigenvalue weighted by atomic mass is 10.1. The molecule has 2 aromatic carbocycles. The summed E-state index contributed by atoms with van der Waals surface area (Å²) in [7, 11) is 1.61. The van der Waals surface area contributed by atoms with Crippen LogP contribution in [0.1, 0.15) is 25.0 Å². The van der Waals surface area contributed by atoms with E-state index >= 15 is 0 Å². The molecule has 0 radical (unpaired) electrons. The summed E-state index contributed by atoms with van der Waals surface area (Å²) in [4.78, 5) is 26.5. The maximum atomic E-state index is 12.7. The van der Waals surface area contributed by atoms with Crippen LogP contribution in [0.2, 0.25) is 5.02 Å². The number of esters is 1. The number of nitrogens with zero attached hydrogens (tertiary/aromatic N) is 1. The lowest BCUT2D eigenvalue weighted by molar-refractivity contribution is -0.527. The van der Waals surface area contributed by atoms with Crippen molar-refractivity contribution in [2.75, 3.05) is 7.11 Å². The summed E-state index contributed by atoms with van der Waals surface area (Å²) in [5.41, 5.74) is 5.41. The average Bonchev–Trinajstić information content (AvgIpc) is 3.16. The number of ether oxygens (including phenoxy) is 2. The number of hydrogen-bond acceptors (Lipinski definition) is 5. The molecule has 31 heavy (non-hydrogen) atoms. The molecule has 1 aromatic heterocycles. The van der Waals surface area contributed by atoms with Crippen molar-refractivity contribution in [3.8, 4) is 16.2 Å². The van der Waals surface area contributed by atoms with Crippen molar-refractivity contribution < 1.29 is 19.1 Å². The number of carbonyl (C=O) groups is 1. The predicted molar refractivity (Wildman–Crippen MR) is 123 cm³/mol. The lowest BCUT2D eigenvalue weighted by Gasteiger charge is -2.08. The Bertz CT molecular complexity index is 1050. The van der Waals surface area contributed by atoms with Gasteiger partial charge in [0.15, 0.2) is 4.87 Å². The van der Waals surface area contributed by atoms with Crippen LogP contribution in [0.15, 0.2) is 54.6 Å². The fraction of sp³-hybridized carbons (Fsp3) is 0.261. The normalized spacial score (nSPS) is 10.7. The third kappa shape index (κ3) is 6.29. The van der Waals surface area contributed by atoms with Gasteiger partial charge in [0.1, 0.15) is 5.75 Å². The molecular weight excluding hydrogens is 436 g/mol. The summed E-state index contributed by atoms with van der Waals surface area (Å²) in [5, 5.41) is 1.07.